The molecular weight excluding hydrogens is 750 g/mol. The number of unbranched alkanes of at least 4 members (excludes halogenated alkanes) is 12. The number of esters is 2. The molecule has 0 aromatic carbocycles. The summed E-state index contributed by atoms with van der Waals surface area (Å²) in [6, 6.07) is 0. The Labute approximate surface area is 316 Å². The van der Waals surface area contributed by atoms with Gasteiger partial charge < -0.3 is 44.6 Å². The standard InChI is InChI=1S/C36H50O16P2/c1-3-5-7-9-11-13-14-15-16-17-19-21-23-25-30(38)50-28(26-48-29(37)24-22-20-18-12-10-8-6-4-2)27-49-54(46,47)52-36-33(41)31(39)35(32(40)34(36)42)51-53(43,44)45/h2,28,31-36,39-42H,3,5,7,9,11,13-17,19,21,23,25-27H2,1H3,(H,46,47)(H2,43,44,45)/t28-,31-,32?,33?,34-,35?,36?/m0/s1. The van der Waals surface area contributed by atoms with Crippen LogP contribution in [-0.4, -0.2) is 103 Å². The third-order valence-electron chi connectivity index (χ3n) is 7.78. The highest BCUT2D eigenvalue weighted by Gasteiger charge is 2.54. The highest BCUT2D eigenvalue weighted by molar-refractivity contribution is 7.47. The first kappa shape index (κ1) is 48.8. The van der Waals surface area contributed by atoms with E-state index in [1.165, 1.54) is 44.9 Å². The Bertz CT molecular complexity index is 1540. The van der Waals surface area contributed by atoms with Crippen molar-refractivity contribution in [3.05, 3.63) is 0 Å². The van der Waals surface area contributed by atoms with Gasteiger partial charge in [-0.15, -0.1) is 6.42 Å². The van der Waals surface area contributed by atoms with Crippen LogP contribution in [0.4, 0.5) is 0 Å². The van der Waals surface area contributed by atoms with Crippen LogP contribution in [0.5, 0.6) is 0 Å². The molecule has 1 aliphatic rings. The zero-order valence-electron chi connectivity index (χ0n) is 30.1. The molecule has 5 unspecified atom stereocenters. The lowest BCUT2D eigenvalue weighted by molar-refractivity contribution is -0.216. The van der Waals surface area contributed by atoms with Gasteiger partial charge in [0.15, 0.2) is 6.10 Å². The Hall–Kier alpha value is -3.20. The van der Waals surface area contributed by atoms with Crippen molar-refractivity contribution < 1.29 is 76.9 Å². The Morgan fingerprint density at radius 3 is 1.57 bits per heavy atom. The zero-order valence-corrected chi connectivity index (χ0v) is 31.9. The second-order valence-corrected chi connectivity index (χ2v) is 14.8. The van der Waals surface area contributed by atoms with Crippen molar-refractivity contribution in [1.82, 2.24) is 0 Å². The molecule has 0 aromatic heterocycles. The molecule has 0 radical (unpaired) electrons. The van der Waals surface area contributed by atoms with Crippen LogP contribution < -0.4 is 0 Å². The van der Waals surface area contributed by atoms with Crippen LogP contribution in [0, 0.1) is 59.7 Å². The molecule has 0 bridgehead atoms. The maximum absolute atomic E-state index is 12.8. The number of aliphatic hydroxyl groups is 4. The van der Waals surface area contributed by atoms with Gasteiger partial charge in [0, 0.05) is 12.3 Å². The van der Waals surface area contributed by atoms with E-state index < -0.39 is 83.5 Å². The van der Waals surface area contributed by atoms with Crippen molar-refractivity contribution in [3.63, 3.8) is 0 Å². The van der Waals surface area contributed by atoms with Crippen molar-refractivity contribution in [2.75, 3.05) is 13.2 Å². The summed E-state index contributed by atoms with van der Waals surface area (Å²) in [7, 11) is -10.7. The van der Waals surface area contributed by atoms with Crippen molar-refractivity contribution >= 4 is 27.6 Å². The van der Waals surface area contributed by atoms with E-state index in [2.05, 4.69) is 58.8 Å². The summed E-state index contributed by atoms with van der Waals surface area (Å²) in [4.78, 5) is 53.0. The minimum absolute atomic E-state index is 0.0221. The van der Waals surface area contributed by atoms with Crippen LogP contribution in [0.25, 0.3) is 0 Å². The molecular formula is C36H50O16P2. The lowest BCUT2D eigenvalue weighted by Crippen LogP contribution is -2.64. The number of ether oxygens (including phenoxy) is 2. The van der Waals surface area contributed by atoms with Crippen LogP contribution in [0.2, 0.25) is 0 Å². The number of phosphoric ester groups is 2. The van der Waals surface area contributed by atoms with Crippen molar-refractivity contribution in [1.29, 1.82) is 0 Å². The molecule has 1 saturated carbocycles. The summed E-state index contributed by atoms with van der Waals surface area (Å²) < 4.78 is 48.1. The predicted octanol–water partition coefficient (Wildman–Crippen LogP) is 2.01. The lowest BCUT2D eigenvalue weighted by atomic mass is 9.85. The monoisotopic (exact) mass is 800 g/mol. The average Bonchev–Trinajstić information content (AvgIpc) is 3.11. The molecule has 0 spiro atoms. The molecule has 7 N–H and O–H groups in total. The van der Waals surface area contributed by atoms with E-state index in [4.69, 9.17) is 34.7 Å². The Balaban J connectivity index is 2.77. The van der Waals surface area contributed by atoms with Crippen LogP contribution in [-0.2, 0) is 41.8 Å². The van der Waals surface area contributed by atoms with Gasteiger partial charge in [-0.1, -0.05) is 84.0 Å². The van der Waals surface area contributed by atoms with E-state index in [-0.39, 0.29) is 6.42 Å². The highest BCUT2D eigenvalue weighted by atomic mass is 31.2. The SMILES string of the molecule is C#CC#CC#CC#CC#CC(=O)OC[C@@H](COP(=O)(O)OC1C(O)[C@H](O)C(OP(=O)(O)O)C(O)[C@@H]1O)OC(=O)CCCCCCCCCCCCCCC. The van der Waals surface area contributed by atoms with Crippen molar-refractivity contribution in [2.45, 2.75) is 140 Å². The van der Waals surface area contributed by atoms with Gasteiger partial charge in [-0.05, 0) is 53.8 Å². The lowest BCUT2D eigenvalue weighted by Gasteiger charge is -2.43. The fraction of sp³-hybridized carbons (Fsp3) is 0.667. The molecule has 16 nitrogen and oxygen atoms in total. The second-order valence-electron chi connectivity index (χ2n) is 12.2. The van der Waals surface area contributed by atoms with Crippen molar-refractivity contribution in [3.8, 4) is 59.7 Å². The molecule has 0 aliphatic heterocycles. The molecule has 0 amide bonds. The number of rotatable bonds is 24. The molecule has 1 aliphatic carbocycles. The van der Waals surface area contributed by atoms with Gasteiger partial charge in [0.25, 0.3) is 0 Å². The van der Waals surface area contributed by atoms with E-state index in [1.807, 2.05) is 5.92 Å². The summed E-state index contributed by atoms with van der Waals surface area (Å²) in [5.74, 6) is 18.2. The normalized spacial score (nSPS) is 22.1. The van der Waals surface area contributed by atoms with Crippen LogP contribution in [0.3, 0.4) is 0 Å². The summed E-state index contributed by atoms with van der Waals surface area (Å²) in [5, 5.41) is 41.1. The number of terminal acetylenes is 1. The van der Waals surface area contributed by atoms with E-state index >= 15 is 0 Å². The smallest absolute Gasteiger partial charge is 0.456 e. The third kappa shape index (κ3) is 22.2. The van der Waals surface area contributed by atoms with Crippen LogP contribution >= 0.6 is 15.6 Å². The summed E-state index contributed by atoms with van der Waals surface area (Å²) in [6.45, 7) is 0.557. The Morgan fingerprint density at radius 1 is 0.648 bits per heavy atom. The molecule has 1 fully saturated rings. The van der Waals surface area contributed by atoms with Crippen LogP contribution in [0.15, 0.2) is 0 Å². The second kappa shape index (κ2) is 27.4. The number of hydrogen-bond donors (Lipinski definition) is 7. The van der Waals surface area contributed by atoms with E-state index in [1.54, 1.807) is 0 Å². The summed E-state index contributed by atoms with van der Waals surface area (Å²) >= 11 is 0. The highest BCUT2D eigenvalue weighted by Crippen LogP contribution is 2.48. The third-order valence-corrected chi connectivity index (χ3v) is 9.28. The van der Waals surface area contributed by atoms with E-state index in [9.17, 15) is 44.0 Å². The molecule has 1 rings (SSSR count). The zero-order chi connectivity index (χ0) is 40.4. The van der Waals surface area contributed by atoms with E-state index in [0.29, 0.717) is 6.42 Å². The number of carbonyl (C=O) groups is 2. The quantitative estimate of drug-likeness (QED) is 0.0242. The summed E-state index contributed by atoms with van der Waals surface area (Å²) in [5.41, 5.74) is 0. The maximum Gasteiger partial charge on any atom is 0.472 e. The molecule has 0 heterocycles. The van der Waals surface area contributed by atoms with Crippen molar-refractivity contribution in [2.24, 2.45) is 0 Å². The van der Waals surface area contributed by atoms with Gasteiger partial charge >= 0.3 is 27.6 Å². The van der Waals surface area contributed by atoms with Gasteiger partial charge in [-0.3, -0.25) is 18.4 Å². The van der Waals surface area contributed by atoms with Gasteiger partial charge in [0.2, 0.25) is 0 Å². The number of carbonyl (C=O) groups excluding carboxylic acids is 2. The first-order valence-corrected chi connectivity index (χ1v) is 20.6. The maximum atomic E-state index is 12.8. The molecule has 18 heteroatoms. The predicted molar refractivity (Wildman–Crippen MR) is 193 cm³/mol. The molecule has 0 saturated heterocycles. The first-order valence-electron chi connectivity index (χ1n) is 17.6. The molecule has 8 atom stereocenters. The average molecular weight is 801 g/mol. The van der Waals surface area contributed by atoms with Gasteiger partial charge in [-0.25, -0.2) is 13.9 Å². The minimum atomic E-state index is -5.33. The molecule has 300 valence electrons. The van der Waals surface area contributed by atoms with Gasteiger partial charge in [0.1, 0.15) is 43.2 Å². The largest absolute Gasteiger partial charge is 0.472 e. The summed E-state index contributed by atoms with van der Waals surface area (Å²) in [6.07, 6.45) is 3.99. The topological polar surface area (TPSA) is 256 Å². The molecule has 0 aromatic rings. The number of aliphatic hydroxyl groups excluding tert-OH is 4. The first-order chi connectivity index (χ1) is 25.6. The minimum Gasteiger partial charge on any atom is -0.456 e. The fourth-order valence-corrected chi connectivity index (χ4v) is 6.62. The molecule has 54 heavy (non-hydrogen) atoms. The van der Waals surface area contributed by atoms with E-state index in [0.717, 1.165) is 32.1 Å². The fourth-order valence-electron chi connectivity index (χ4n) is 5.08. The number of hydrogen-bond acceptors (Lipinski definition) is 13. The Morgan fingerprint density at radius 2 is 1.09 bits per heavy atom. The van der Waals surface area contributed by atoms with Gasteiger partial charge in [0.05, 0.1) is 6.61 Å². The van der Waals surface area contributed by atoms with Crippen LogP contribution in [0.1, 0.15) is 96.8 Å². The Kier molecular flexibility index (Phi) is 24.8. The number of phosphoric acid groups is 2. The van der Waals surface area contributed by atoms with Gasteiger partial charge in [-0.2, -0.15) is 0 Å².